The van der Waals surface area contributed by atoms with E-state index in [9.17, 15) is 9.59 Å². The Morgan fingerprint density at radius 2 is 1.85 bits per heavy atom. The van der Waals surface area contributed by atoms with Crippen LogP contribution in [-0.4, -0.2) is 39.9 Å². The Morgan fingerprint density at radius 1 is 1.05 bits per heavy atom. The van der Waals surface area contributed by atoms with Crippen LogP contribution in [0.25, 0.3) is 11.4 Å². The predicted octanol–water partition coefficient (Wildman–Crippen LogP) is 5.39. The topological polar surface area (TPSA) is 100 Å². The van der Waals surface area contributed by atoms with Gasteiger partial charge in [-0.2, -0.15) is 4.98 Å². The summed E-state index contributed by atoms with van der Waals surface area (Å²) in [4.78, 5) is 33.1. The molecular weight excluding hydrogens is 490 g/mol. The first kappa shape index (κ1) is 26.3. The summed E-state index contributed by atoms with van der Waals surface area (Å²) in [6.45, 7) is 5.88. The number of benzene rings is 3. The molecule has 1 aliphatic heterocycles. The van der Waals surface area contributed by atoms with Crippen molar-refractivity contribution in [3.8, 4) is 11.4 Å². The third-order valence-electron chi connectivity index (χ3n) is 7.06. The zero-order chi connectivity index (χ0) is 27.2. The third-order valence-corrected chi connectivity index (χ3v) is 7.06. The van der Waals surface area contributed by atoms with Crippen LogP contribution >= 0.6 is 0 Å². The molecular formula is C31H33N5O3. The summed E-state index contributed by atoms with van der Waals surface area (Å²) < 4.78 is 5.51. The van der Waals surface area contributed by atoms with Crippen molar-refractivity contribution in [3.05, 3.63) is 101 Å². The summed E-state index contributed by atoms with van der Waals surface area (Å²) in [6.07, 6.45) is 1.66. The zero-order valence-electron chi connectivity index (χ0n) is 22.3. The van der Waals surface area contributed by atoms with Crippen molar-refractivity contribution < 1.29 is 14.1 Å². The highest BCUT2D eigenvalue weighted by Crippen LogP contribution is 2.24. The minimum Gasteiger partial charge on any atom is -0.345 e. The average Bonchev–Trinajstić information content (AvgIpc) is 3.42. The first-order chi connectivity index (χ1) is 19.0. The highest BCUT2D eigenvalue weighted by atomic mass is 16.5. The summed E-state index contributed by atoms with van der Waals surface area (Å²) in [6, 6.07) is 24.7. The molecule has 2 atom stereocenters. The maximum Gasteiger partial charge on any atom is 0.253 e. The largest absolute Gasteiger partial charge is 0.345 e. The van der Waals surface area contributed by atoms with Gasteiger partial charge in [0.25, 0.3) is 5.91 Å². The quantitative estimate of drug-likeness (QED) is 0.321. The number of anilines is 1. The van der Waals surface area contributed by atoms with Crippen LogP contribution in [-0.2, 0) is 11.3 Å². The number of hydrogen-bond acceptors (Lipinski definition) is 6. The first-order valence-electron chi connectivity index (χ1n) is 13.3. The van der Waals surface area contributed by atoms with Gasteiger partial charge < -0.3 is 15.2 Å². The number of nitrogens with one attached hydrogen (secondary N) is 2. The van der Waals surface area contributed by atoms with Crippen molar-refractivity contribution in [3.63, 3.8) is 0 Å². The second-order valence-corrected chi connectivity index (χ2v) is 10.1. The molecule has 0 spiro atoms. The van der Waals surface area contributed by atoms with Gasteiger partial charge in [-0.15, -0.1) is 0 Å². The van der Waals surface area contributed by atoms with E-state index < -0.39 is 0 Å². The Morgan fingerprint density at radius 3 is 2.67 bits per heavy atom. The molecule has 8 heteroatoms. The second kappa shape index (κ2) is 12.0. The lowest BCUT2D eigenvalue weighted by atomic mass is 9.96. The van der Waals surface area contributed by atoms with Crippen LogP contribution in [0.15, 0.2) is 83.4 Å². The minimum atomic E-state index is -0.228. The number of carbonyl (C=O) groups excluding carboxylic acids is 2. The lowest BCUT2D eigenvalue weighted by Crippen LogP contribution is -2.40. The molecule has 2 amide bonds. The van der Waals surface area contributed by atoms with Gasteiger partial charge in [-0.25, -0.2) is 0 Å². The molecule has 1 fully saturated rings. The van der Waals surface area contributed by atoms with Crippen LogP contribution in [0.5, 0.6) is 0 Å². The second-order valence-electron chi connectivity index (χ2n) is 10.1. The number of aromatic nitrogens is 2. The summed E-state index contributed by atoms with van der Waals surface area (Å²) >= 11 is 0. The van der Waals surface area contributed by atoms with Crippen molar-refractivity contribution in [1.29, 1.82) is 0 Å². The Hall–Kier alpha value is -4.30. The lowest BCUT2D eigenvalue weighted by molar-refractivity contribution is -0.121. The standard InChI is InChI=1S/C31H33N5O3/c1-21-10-8-13-24(18-21)29-34-28(39-35-29)20-36-17-9-14-25(19-36)30(37)33-27-16-7-6-15-26(27)31(38)32-22(2)23-11-4-3-5-12-23/h3-8,10-13,15-16,18,22,25H,9,14,17,19-20H2,1-2H3,(H,32,38)(H,33,37). The zero-order valence-corrected chi connectivity index (χ0v) is 22.3. The number of piperidine rings is 1. The molecule has 0 radical (unpaired) electrons. The van der Waals surface area contributed by atoms with E-state index in [-0.39, 0.29) is 23.8 Å². The number of carbonyl (C=O) groups is 2. The van der Waals surface area contributed by atoms with E-state index in [1.54, 1.807) is 18.2 Å². The molecule has 1 aromatic heterocycles. The van der Waals surface area contributed by atoms with E-state index in [4.69, 9.17) is 4.52 Å². The Bertz CT molecular complexity index is 1430. The summed E-state index contributed by atoms with van der Waals surface area (Å²) in [5, 5.41) is 10.2. The van der Waals surface area contributed by atoms with Crippen LogP contribution < -0.4 is 10.6 Å². The highest BCUT2D eigenvalue weighted by Gasteiger charge is 2.28. The number of hydrogen-bond donors (Lipinski definition) is 2. The number of nitrogens with zero attached hydrogens (tertiary/aromatic N) is 3. The molecule has 200 valence electrons. The SMILES string of the molecule is Cc1cccc(-c2noc(CN3CCCC(C(=O)Nc4ccccc4C(=O)NC(C)c4ccccc4)C3)n2)c1. The summed E-state index contributed by atoms with van der Waals surface area (Å²) in [5.41, 5.74) is 4.02. The summed E-state index contributed by atoms with van der Waals surface area (Å²) in [5.74, 6) is 0.561. The number of amides is 2. The number of para-hydroxylation sites is 1. The van der Waals surface area contributed by atoms with E-state index in [0.29, 0.717) is 36.1 Å². The minimum absolute atomic E-state index is 0.0953. The van der Waals surface area contributed by atoms with Crippen LogP contribution in [0.2, 0.25) is 0 Å². The van der Waals surface area contributed by atoms with E-state index in [2.05, 4.69) is 25.7 Å². The smallest absolute Gasteiger partial charge is 0.253 e. The Kier molecular flexibility index (Phi) is 8.13. The van der Waals surface area contributed by atoms with Gasteiger partial charge in [-0.05, 0) is 57.0 Å². The van der Waals surface area contributed by atoms with Crippen LogP contribution in [0.4, 0.5) is 5.69 Å². The van der Waals surface area contributed by atoms with Gasteiger partial charge in [0.05, 0.1) is 29.8 Å². The van der Waals surface area contributed by atoms with Crippen LogP contribution in [0, 0.1) is 12.8 Å². The Balaban J connectivity index is 1.20. The van der Waals surface area contributed by atoms with Gasteiger partial charge in [0.2, 0.25) is 17.6 Å². The number of aryl methyl sites for hydroxylation is 1. The fraction of sp³-hybridized carbons (Fsp3) is 0.290. The fourth-order valence-corrected chi connectivity index (χ4v) is 4.95. The lowest BCUT2D eigenvalue weighted by Gasteiger charge is -2.31. The Labute approximate surface area is 228 Å². The molecule has 1 aliphatic rings. The first-order valence-corrected chi connectivity index (χ1v) is 13.3. The van der Waals surface area contributed by atoms with Crippen molar-refractivity contribution in [2.45, 2.75) is 39.3 Å². The molecule has 1 saturated heterocycles. The molecule has 8 nitrogen and oxygen atoms in total. The van der Waals surface area contributed by atoms with E-state index in [0.717, 1.165) is 36.1 Å². The molecule has 0 bridgehead atoms. The van der Waals surface area contributed by atoms with Gasteiger partial charge >= 0.3 is 0 Å². The van der Waals surface area contributed by atoms with E-state index in [1.165, 1.54) is 0 Å². The van der Waals surface area contributed by atoms with Gasteiger partial charge in [0, 0.05) is 12.1 Å². The molecule has 0 saturated carbocycles. The maximum absolute atomic E-state index is 13.3. The summed E-state index contributed by atoms with van der Waals surface area (Å²) in [7, 11) is 0. The van der Waals surface area contributed by atoms with Crippen LogP contribution in [0.3, 0.4) is 0 Å². The van der Waals surface area contributed by atoms with E-state index >= 15 is 0 Å². The van der Waals surface area contributed by atoms with Crippen molar-refractivity contribution in [1.82, 2.24) is 20.4 Å². The fourth-order valence-electron chi connectivity index (χ4n) is 4.95. The van der Waals surface area contributed by atoms with Crippen molar-refractivity contribution in [2.24, 2.45) is 5.92 Å². The van der Waals surface area contributed by atoms with Crippen molar-refractivity contribution in [2.75, 3.05) is 18.4 Å². The maximum atomic E-state index is 13.3. The molecule has 3 aromatic carbocycles. The molecule has 2 N–H and O–H groups in total. The highest BCUT2D eigenvalue weighted by molar-refractivity contribution is 6.04. The monoisotopic (exact) mass is 523 g/mol. The number of likely N-dealkylation sites (tertiary alicyclic amines) is 1. The van der Waals surface area contributed by atoms with Gasteiger partial charge in [-0.1, -0.05) is 71.4 Å². The molecule has 0 aliphatic carbocycles. The molecule has 5 rings (SSSR count). The van der Waals surface area contributed by atoms with Gasteiger partial charge in [0.15, 0.2) is 0 Å². The molecule has 2 heterocycles. The normalized spacial score (nSPS) is 16.4. The third kappa shape index (κ3) is 6.59. The average molecular weight is 524 g/mol. The van der Waals surface area contributed by atoms with E-state index in [1.807, 2.05) is 74.5 Å². The van der Waals surface area contributed by atoms with Gasteiger partial charge in [0.1, 0.15) is 0 Å². The van der Waals surface area contributed by atoms with Gasteiger partial charge in [-0.3, -0.25) is 14.5 Å². The molecule has 4 aromatic rings. The number of rotatable bonds is 8. The molecule has 39 heavy (non-hydrogen) atoms. The van der Waals surface area contributed by atoms with Crippen molar-refractivity contribution >= 4 is 17.5 Å². The van der Waals surface area contributed by atoms with Crippen LogP contribution in [0.1, 0.15) is 53.2 Å². The molecule has 2 unspecified atom stereocenters. The predicted molar refractivity (Wildman–Crippen MR) is 150 cm³/mol.